The Morgan fingerprint density at radius 1 is 1.14 bits per heavy atom. The molecule has 1 aromatic rings. The van der Waals surface area contributed by atoms with Gasteiger partial charge in [0.15, 0.2) is 5.66 Å². The number of ether oxygens (including phenoxy) is 1. The fourth-order valence-corrected chi connectivity index (χ4v) is 1.94. The Balaban J connectivity index is 1.83. The summed E-state index contributed by atoms with van der Waals surface area (Å²) in [5.41, 5.74) is 11.9. The number of nitrogens with two attached hydrogens (primary N) is 2. The van der Waals surface area contributed by atoms with Crippen LogP contribution in [0, 0.1) is 6.92 Å². The fourth-order valence-electron chi connectivity index (χ4n) is 1.94. The number of hydrogen-bond donors (Lipinski definition) is 2. The summed E-state index contributed by atoms with van der Waals surface area (Å²) in [5.74, 6) is 1.13. The molecule has 21 heavy (non-hydrogen) atoms. The van der Waals surface area contributed by atoms with Crippen molar-refractivity contribution in [3.05, 3.63) is 29.8 Å². The summed E-state index contributed by atoms with van der Waals surface area (Å²) in [6.07, 6.45) is 0. The van der Waals surface area contributed by atoms with Crippen LogP contribution >= 0.6 is 0 Å². The fraction of sp³-hybridized carbons (Fsp3) is 0.429. The number of hydrogen-bond acceptors (Lipinski definition) is 7. The monoisotopic (exact) mass is 291 g/mol. The Labute approximate surface area is 124 Å². The minimum absolute atomic E-state index is 0.147. The summed E-state index contributed by atoms with van der Waals surface area (Å²) >= 11 is 0. The van der Waals surface area contributed by atoms with E-state index in [-0.39, 0.29) is 11.9 Å². The van der Waals surface area contributed by atoms with Crippen molar-refractivity contribution in [2.24, 2.45) is 21.5 Å². The van der Waals surface area contributed by atoms with E-state index in [1.54, 1.807) is 0 Å². The van der Waals surface area contributed by atoms with Crippen LogP contribution in [0.4, 0.5) is 0 Å². The van der Waals surface area contributed by atoms with Crippen LogP contribution in [0.25, 0.3) is 0 Å². The molecule has 114 valence electrons. The molecule has 2 rings (SSSR count). The molecular formula is C14H21N5O2. The third-order valence-electron chi connectivity index (χ3n) is 2.92. The number of nitrogens with zero attached hydrogens (tertiary/aromatic N) is 3. The maximum atomic E-state index is 5.80. The Bertz CT molecular complexity index is 551. The van der Waals surface area contributed by atoms with Gasteiger partial charge in [0.2, 0.25) is 11.9 Å². The average Bonchev–Trinajstić information content (AvgIpc) is 2.38. The number of benzene rings is 1. The molecule has 0 atom stereocenters. The molecule has 4 N–H and O–H groups in total. The second-order valence-electron chi connectivity index (χ2n) is 5.22. The van der Waals surface area contributed by atoms with Crippen LogP contribution < -0.4 is 16.2 Å². The van der Waals surface area contributed by atoms with Gasteiger partial charge in [-0.3, -0.25) is 4.84 Å². The van der Waals surface area contributed by atoms with E-state index >= 15 is 0 Å². The standard InChI is InChI=1S/C14H21N5O2/c1-10-4-6-11(7-5-10)20-8-9-21-19-13(16)17-12(15)18-14(19,2)3/h4-7H,8-9H2,1-3H3,(H4,15,16,17,18). The van der Waals surface area contributed by atoms with Crippen molar-refractivity contribution in [2.45, 2.75) is 26.4 Å². The SMILES string of the molecule is Cc1ccc(OCCON2C(N)=NC(N)=NC2(C)C)cc1. The zero-order valence-electron chi connectivity index (χ0n) is 12.5. The number of guanidine groups is 2. The molecule has 1 aliphatic heterocycles. The molecule has 7 heteroatoms. The molecule has 0 amide bonds. The second kappa shape index (κ2) is 6.01. The van der Waals surface area contributed by atoms with E-state index in [4.69, 9.17) is 21.0 Å². The number of rotatable bonds is 5. The molecule has 0 saturated carbocycles. The van der Waals surface area contributed by atoms with Crippen LogP contribution in [0.5, 0.6) is 5.75 Å². The summed E-state index contributed by atoms with van der Waals surface area (Å²) in [5, 5.41) is 1.43. The highest BCUT2D eigenvalue weighted by atomic mass is 16.7. The van der Waals surface area contributed by atoms with Crippen LogP contribution in [-0.4, -0.2) is 35.9 Å². The molecule has 0 saturated heterocycles. The largest absolute Gasteiger partial charge is 0.491 e. The highest BCUT2D eigenvalue weighted by molar-refractivity contribution is 5.95. The van der Waals surface area contributed by atoms with Gasteiger partial charge in [0.05, 0.1) is 0 Å². The van der Waals surface area contributed by atoms with Gasteiger partial charge >= 0.3 is 0 Å². The summed E-state index contributed by atoms with van der Waals surface area (Å²) in [7, 11) is 0. The highest BCUT2D eigenvalue weighted by Crippen LogP contribution is 2.19. The lowest BCUT2D eigenvalue weighted by Gasteiger charge is -2.36. The van der Waals surface area contributed by atoms with E-state index in [0.717, 1.165) is 5.75 Å². The first kappa shape index (κ1) is 15.1. The predicted octanol–water partition coefficient (Wildman–Crippen LogP) is 0.987. The van der Waals surface area contributed by atoms with Gasteiger partial charge in [0, 0.05) is 0 Å². The first-order valence-electron chi connectivity index (χ1n) is 6.70. The maximum Gasteiger partial charge on any atom is 0.226 e. The summed E-state index contributed by atoms with van der Waals surface area (Å²) < 4.78 is 5.58. The van der Waals surface area contributed by atoms with E-state index < -0.39 is 5.66 Å². The molecule has 1 aliphatic rings. The molecule has 0 fully saturated rings. The number of hydroxylamine groups is 2. The van der Waals surface area contributed by atoms with E-state index in [9.17, 15) is 0 Å². The predicted molar refractivity (Wildman–Crippen MR) is 81.8 cm³/mol. The summed E-state index contributed by atoms with van der Waals surface area (Å²) in [6, 6.07) is 7.82. The van der Waals surface area contributed by atoms with Crippen molar-refractivity contribution in [1.29, 1.82) is 0 Å². The zero-order valence-corrected chi connectivity index (χ0v) is 12.5. The summed E-state index contributed by atoms with van der Waals surface area (Å²) in [4.78, 5) is 13.7. The Hall–Kier alpha value is -2.28. The lowest BCUT2D eigenvalue weighted by Crippen LogP contribution is -2.54. The highest BCUT2D eigenvalue weighted by Gasteiger charge is 2.32. The van der Waals surface area contributed by atoms with Gasteiger partial charge in [-0.15, -0.1) is 0 Å². The second-order valence-corrected chi connectivity index (χ2v) is 5.22. The van der Waals surface area contributed by atoms with E-state index in [1.807, 2.05) is 45.0 Å². The van der Waals surface area contributed by atoms with Crippen molar-refractivity contribution in [2.75, 3.05) is 13.2 Å². The molecular weight excluding hydrogens is 270 g/mol. The van der Waals surface area contributed by atoms with Crippen molar-refractivity contribution in [3.63, 3.8) is 0 Å². The molecule has 1 heterocycles. The molecule has 0 bridgehead atoms. The van der Waals surface area contributed by atoms with Crippen LogP contribution in [0.2, 0.25) is 0 Å². The Kier molecular flexibility index (Phi) is 4.32. The van der Waals surface area contributed by atoms with Gasteiger partial charge in [-0.1, -0.05) is 17.7 Å². The molecule has 0 spiro atoms. The molecule has 0 aromatic heterocycles. The number of aryl methyl sites for hydroxylation is 1. The normalized spacial score (nSPS) is 17.2. The molecule has 0 unspecified atom stereocenters. The van der Waals surface area contributed by atoms with Gasteiger partial charge in [-0.25, -0.2) is 4.99 Å². The van der Waals surface area contributed by atoms with Crippen LogP contribution in [0.15, 0.2) is 34.3 Å². The molecule has 1 aromatic carbocycles. The first-order valence-corrected chi connectivity index (χ1v) is 6.70. The van der Waals surface area contributed by atoms with Gasteiger partial charge in [-0.2, -0.15) is 10.1 Å². The minimum Gasteiger partial charge on any atom is -0.491 e. The molecule has 7 nitrogen and oxygen atoms in total. The van der Waals surface area contributed by atoms with Gasteiger partial charge in [0.25, 0.3) is 0 Å². The first-order chi connectivity index (χ1) is 9.88. The zero-order chi connectivity index (χ0) is 15.5. The van der Waals surface area contributed by atoms with Crippen LogP contribution in [0.1, 0.15) is 19.4 Å². The van der Waals surface area contributed by atoms with E-state index in [2.05, 4.69) is 9.98 Å². The van der Waals surface area contributed by atoms with Crippen molar-refractivity contribution >= 4 is 11.9 Å². The van der Waals surface area contributed by atoms with Crippen molar-refractivity contribution in [1.82, 2.24) is 5.06 Å². The third-order valence-corrected chi connectivity index (χ3v) is 2.92. The quantitative estimate of drug-likeness (QED) is 0.788. The Morgan fingerprint density at radius 2 is 1.81 bits per heavy atom. The van der Waals surface area contributed by atoms with E-state index in [0.29, 0.717) is 13.2 Å². The Morgan fingerprint density at radius 3 is 2.43 bits per heavy atom. The molecule has 0 radical (unpaired) electrons. The third kappa shape index (κ3) is 3.85. The van der Waals surface area contributed by atoms with Gasteiger partial charge in [-0.05, 0) is 32.9 Å². The summed E-state index contributed by atoms with van der Waals surface area (Å²) in [6.45, 7) is 6.41. The van der Waals surface area contributed by atoms with Gasteiger partial charge in [0.1, 0.15) is 19.0 Å². The molecule has 0 aliphatic carbocycles. The van der Waals surface area contributed by atoms with E-state index in [1.165, 1.54) is 10.6 Å². The average molecular weight is 291 g/mol. The van der Waals surface area contributed by atoms with Crippen LogP contribution in [0.3, 0.4) is 0 Å². The minimum atomic E-state index is -0.695. The lowest BCUT2D eigenvalue weighted by atomic mass is 10.2. The maximum absolute atomic E-state index is 5.80. The lowest BCUT2D eigenvalue weighted by molar-refractivity contribution is -0.161. The number of aliphatic imine (C=N–C) groups is 2. The van der Waals surface area contributed by atoms with Crippen molar-refractivity contribution < 1.29 is 9.57 Å². The topological polar surface area (TPSA) is 98.5 Å². The smallest absolute Gasteiger partial charge is 0.226 e. The van der Waals surface area contributed by atoms with Crippen molar-refractivity contribution in [3.8, 4) is 5.75 Å². The van der Waals surface area contributed by atoms with Gasteiger partial charge < -0.3 is 16.2 Å². The van der Waals surface area contributed by atoms with Crippen LogP contribution in [-0.2, 0) is 4.84 Å².